The van der Waals surface area contributed by atoms with Gasteiger partial charge in [-0.2, -0.15) is 0 Å². The lowest BCUT2D eigenvalue weighted by Gasteiger charge is -2.23. The van der Waals surface area contributed by atoms with Crippen LogP contribution in [0.15, 0.2) is 59.4 Å². The van der Waals surface area contributed by atoms with Gasteiger partial charge in [-0.15, -0.1) is 23.7 Å². The Morgan fingerprint density at radius 3 is 2.37 bits per heavy atom. The van der Waals surface area contributed by atoms with Gasteiger partial charge in [-0.25, -0.2) is 0 Å². The highest BCUT2D eigenvalue weighted by atomic mass is 35.5. The maximum absolute atomic E-state index is 13.8. The molecule has 0 bridgehead atoms. The Labute approximate surface area is 231 Å². The zero-order valence-corrected chi connectivity index (χ0v) is 23.3. The average molecular weight is 558 g/mol. The van der Waals surface area contributed by atoms with Crippen LogP contribution < -0.4 is 10.3 Å². The van der Waals surface area contributed by atoms with Crippen molar-refractivity contribution in [3.63, 3.8) is 0 Å². The van der Waals surface area contributed by atoms with Crippen molar-refractivity contribution in [1.29, 1.82) is 0 Å². The van der Waals surface area contributed by atoms with Gasteiger partial charge >= 0.3 is 0 Å². The predicted molar refractivity (Wildman–Crippen MR) is 154 cm³/mol. The zero-order valence-electron chi connectivity index (χ0n) is 21.7. The Hall–Kier alpha value is -3.24. The maximum Gasteiger partial charge on any atom is 0.267 e. The monoisotopic (exact) mass is 557 g/mol. The molecule has 1 amide bonds. The number of aromatic nitrogens is 1. The number of hydrogen-bond donors (Lipinski definition) is 1. The second-order valence-electron chi connectivity index (χ2n) is 8.75. The molecule has 0 fully saturated rings. The summed E-state index contributed by atoms with van der Waals surface area (Å²) < 4.78 is 7.78. The van der Waals surface area contributed by atoms with E-state index in [9.17, 15) is 19.5 Å². The van der Waals surface area contributed by atoms with Crippen LogP contribution in [0, 0.1) is 0 Å². The molecule has 4 aromatic rings. The van der Waals surface area contributed by atoms with Crippen LogP contribution in [0.3, 0.4) is 0 Å². The van der Waals surface area contributed by atoms with Gasteiger partial charge in [0, 0.05) is 37.6 Å². The number of hydrogen-bond acceptors (Lipinski definition) is 7. The molecule has 0 unspecified atom stereocenters. The number of aliphatic hydroxyl groups excluding tert-OH is 1. The van der Waals surface area contributed by atoms with Gasteiger partial charge in [-0.3, -0.25) is 23.9 Å². The van der Waals surface area contributed by atoms with E-state index in [0.29, 0.717) is 45.7 Å². The third-order valence-electron chi connectivity index (χ3n) is 6.52. The number of ketones is 1. The second kappa shape index (κ2) is 13.0. The molecule has 38 heavy (non-hydrogen) atoms. The molecule has 1 N–H and O–H groups in total. The van der Waals surface area contributed by atoms with Crippen LogP contribution in [0.2, 0.25) is 0 Å². The molecule has 0 radical (unpaired) electrons. The third kappa shape index (κ3) is 5.76. The number of carbonyl (C=O) groups excluding carboxylic acids is 2. The molecule has 2 aromatic carbocycles. The van der Waals surface area contributed by atoms with E-state index in [2.05, 4.69) is 4.90 Å². The quantitative estimate of drug-likeness (QED) is 0.281. The fourth-order valence-corrected chi connectivity index (χ4v) is 5.72. The van der Waals surface area contributed by atoms with Gasteiger partial charge in [0.2, 0.25) is 0 Å². The van der Waals surface area contributed by atoms with Crippen LogP contribution >= 0.6 is 23.7 Å². The molecule has 2 heterocycles. The number of pyridine rings is 1. The highest BCUT2D eigenvalue weighted by molar-refractivity contribution is 7.22. The maximum atomic E-state index is 13.8. The van der Waals surface area contributed by atoms with E-state index in [0.717, 1.165) is 11.9 Å². The molecule has 0 saturated carbocycles. The van der Waals surface area contributed by atoms with Crippen molar-refractivity contribution in [3.8, 4) is 5.75 Å². The van der Waals surface area contributed by atoms with E-state index in [-0.39, 0.29) is 48.6 Å². The number of carbonyl (C=O) groups is 2. The fraction of sp³-hybridized carbons (Fsp3) is 0.321. The molecule has 0 spiro atoms. The van der Waals surface area contributed by atoms with Crippen LogP contribution in [0.25, 0.3) is 21.0 Å². The van der Waals surface area contributed by atoms with Crippen LogP contribution in [0.4, 0.5) is 0 Å². The number of halogens is 1. The summed E-state index contributed by atoms with van der Waals surface area (Å²) in [5.74, 6) is -0.189. The van der Waals surface area contributed by atoms with Gasteiger partial charge in [0.25, 0.3) is 11.5 Å². The highest BCUT2D eigenvalue weighted by Gasteiger charge is 2.27. The first-order chi connectivity index (χ1) is 17.9. The minimum atomic E-state index is -0.368. The summed E-state index contributed by atoms with van der Waals surface area (Å²) in [7, 11) is 3.17. The number of methoxy groups -OCH3 is 1. The number of thiophene rings is 1. The van der Waals surface area contributed by atoms with Crippen molar-refractivity contribution in [1.82, 2.24) is 14.4 Å². The Morgan fingerprint density at radius 1 is 1.03 bits per heavy atom. The molecule has 0 atom stereocenters. The molecule has 0 aliphatic rings. The molecule has 202 valence electrons. The summed E-state index contributed by atoms with van der Waals surface area (Å²) in [4.78, 5) is 44.3. The number of benzene rings is 2. The van der Waals surface area contributed by atoms with Crippen molar-refractivity contribution >= 4 is 56.4 Å². The number of nitrogens with zero attached hydrogens (tertiary/aromatic N) is 3. The Kier molecular flexibility index (Phi) is 10.0. The first-order valence-electron chi connectivity index (χ1n) is 12.2. The first kappa shape index (κ1) is 29.3. The van der Waals surface area contributed by atoms with Crippen molar-refractivity contribution in [2.75, 3.05) is 46.9 Å². The van der Waals surface area contributed by atoms with E-state index in [1.54, 1.807) is 36.2 Å². The van der Waals surface area contributed by atoms with Crippen molar-refractivity contribution in [2.45, 2.75) is 13.5 Å². The van der Waals surface area contributed by atoms with Gasteiger partial charge < -0.3 is 14.7 Å². The van der Waals surface area contributed by atoms with Crippen molar-refractivity contribution in [2.24, 2.45) is 0 Å². The van der Waals surface area contributed by atoms with E-state index in [1.807, 2.05) is 37.3 Å². The SMILES string of the molecule is CCN(CCO)CCN(C)C(=O)c1sc2c(c1OC)c(=O)n(CC(=O)c1ccccc1)c1ccccc21.Cl. The van der Waals surface area contributed by atoms with E-state index in [1.165, 1.54) is 23.0 Å². The zero-order chi connectivity index (χ0) is 26.5. The summed E-state index contributed by atoms with van der Waals surface area (Å²) in [5, 5.41) is 10.3. The molecule has 8 nitrogen and oxygen atoms in total. The molecule has 10 heteroatoms. The minimum Gasteiger partial charge on any atom is -0.494 e. The topological polar surface area (TPSA) is 92.1 Å². The molecule has 2 aromatic heterocycles. The number of para-hydroxylation sites is 1. The van der Waals surface area contributed by atoms with Gasteiger partial charge in [0.15, 0.2) is 11.5 Å². The number of likely N-dealkylation sites (N-methyl/N-ethyl adjacent to an activating group) is 2. The normalized spacial score (nSPS) is 11.1. The van der Waals surface area contributed by atoms with Gasteiger partial charge in [0.05, 0.1) is 30.5 Å². The number of rotatable bonds is 11. The second-order valence-corrected chi connectivity index (χ2v) is 9.77. The molecule has 0 saturated heterocycles. The highest BCUT2D eigenvalue weighted by Crippen LogP contribution is 2.40. The third-order valence-corrected chi connectivity index (χ3v) is 7.71. The summed E-state index contributed by atoms with van der Waals surface area (Å²) in [6.07, 6.45) is 0. The molecular weight excluding hydrogens is 526 g/mol. The number of amides is 1. The fourth-order valence-electron chi connectivity index (χ4n) is 4.43. The van der Waals surface area contributed by atoms with Crippen molar-refractivity contribution in [3.05, 3.63) is 75.4 Å². The van der Waals surface area contributed by atoms with Crippen LogP contribution in [0.1, 0.15) is 27.0 Å². The standard InChI is InChI=1S/C28H31N3O5S.ClH/c1-4-30(16-17-32)15-14-29(2)28(35)26-24(36-3)23-25(37-26)20-12-8-9-13-21(20)31(27(23)34)18-22(33)19-10-6-5-7-11-19;/h5-13,32H,4,14-18H2,1-3H3;1H. The Balaban J connectivity index is 0.00000400. The van der Waals surface area contributed by atoms with Crippen LogP contribution in [-0.2, 0) is 6.54 Å². The summed E-state index contributed by atoms with van der Waals surface area (Å²) in [5.41, 5.74) is 0.784. The van der Waals surface area contributed by atoms with Crippen molar-refractivity contribution < 1.29 is 19.4 Å². The molecule has 0 aliphatic heterocycles. The average Bonchev–Trinajstić information content (AvgIpc) is 3.33. The Bertz CT molecular complexity index is 1480. The lowest BCUT2D eigenvalue weighted by Crippen LogP contribution is -2.37. The van der Waals surface area contributed by atoms with Gasteiger partial charge in [0.1, 0.15) is 10.3 Å². The van der Waals surface area contributed by atoms with Crippen LogP contribution in [-0.4, -0.2) is 78.1 Å². The molecular formula is C28H32ClN3O5S. The van der Waals surface area contributed by atoms with E-state index < -0.39 is 0 Å². The minimum absolute atomic E-state index is 0. The summed E-state index contributed by atoms with van der Waals surface area (Å²) in [6, 6.07) is 16.3. The van der Waals surface area contributed by atoms with Gasteiger partial charge in [-0.05, 0) is 12.6 Å². The smallest absolute Gasteiger partial charge is 0.267 e. The largest absolute Gasteiger partial charge is 0.494 e. The lowest BCUT2D eigenvalue weighted by atomic mass is 10.1. The first-order valence-corrected chi connectivity index (χ1v) is 13.0. The summed E-state index contributed by atoms with van der Waals surface area (Å²) >= 11 is 1.23. The lowest BCUT2D eigenvalue weighted by molar-refractivity contribution is 0.0776. The van der Waals surface area contributed by atoms with E-state index in [4.69, 9.17) is 4.74 Å². The number of ether oxygens (including phenoxy) is 1. The van der Waals surface area contributed by atoms with Gasteiger partial charge in [-0.1, -0.05) is 55.5 Å². The molecule has 0 aliphatic carbocycles. The number of fused-ring (bicyclic) bond motifs is 3. The predicted octanol–water partition coefficient (Wildman–Crippen LogP) is 3.92. The van der Waals surface area contributed by atoms with E-state index >= 15 is 0 Å². The summed E-state index contributed by atoms with van der Waals surface area (Å²) in [6.45, 7) is 4.32. The molecule has 4 rings (SSSR count). The van der Waals surface area contributed by atoms with Crippen LogP contribution in [0.5, 0.6) is 5.75 Å². The number of Topliss-reactive ketones (excluding diaryl/α,β-unsaturated/α-hetero) is 1. The number of aliphatic hydroxyl groups is 1. The Morgan fingerprint density at radius 2 is 1.71 bits per heavy atom.